The number of amides is 4. The number of anilines is 2. The lowest BCUT2D eigenvalue weighted by Gasteiger charge is -2.40. The summed E-state index contributed by atoms with van der Waals surface area (Å²) in [5.41, 5.74) is 3.45. The van der Waals surface area contributed by atoms with E-state index in [0.717, 1.165) is 86.9 Å². The van der Waals surface area contributed by atoms with Gasteiger partial charge in [-0.2, -0.15) is 0 Å². The smallest absolute Gasteiger partial charge is 0.410 e. The molecule has 3 fully saturated rings. The van der Waals surface area contributed by atoms with Crippen molar-refractivity contribution in [3.8, 4) is 5.75 Å². The Bertz CT molecular complexity index is 1320. The average Bonchev–Trinajstić information content (AvgIpc) is 3.00. The van der Waals surface area contributed by atoms with E-state index in [9.17, 15) is 14.4 Å². The summed E-state index contributed by atoms with van der Waals surface area (Å²) < 4.78 is 10.8. The molecule has 238 valence electrons. The van der Waals surface area contributed by atoms with Gasteiger partial charge in [-0.1, -0.05) is 12.1 Å². The molecule has 0 saturated carbocycles. The van der Waals surface area contributed by atoms with Gasteiger partial charge in [0, 0.05) is 70.2 Å². The summed E-state index contributed by atoms with van der Waals surface area (Å²) in [6.45, 7) is 14.9. The lowest BCUT2D eigenvalue weighted by atomic mass is 9.96. The number of hydrogen-bond donors (Lipinski definition) is 0. The molecule has 4 amide bonds. The highest BCUT2D eigenvalue weighted by atomic mass is 16.6. The molecule has 0 radical (unpaired) electrons. The van der Waals surface area contributed by atoms with Gasteiger partial charge in [-0.05, 0) is 87.9 Å². The number of urea groups is 1. The van der Waals surface area contributed by atoms with Crippen molar-refractivity contribution < 1.29 is 23.9 Å². The van der Waals surface area contributed by atoms with Crippen molar-refractivity contribution >= 4 is 29.4 Å². The maximum atomic E-state index is 13.5. The van der Waals surface area contributed by atoms with E-state index < -0.39 is 5.60 Å². The van der Waals surface area contributed by atoms with Crippen molar-refractivity contribution in [2.75, 3.05) is 69.3 Å². The summed E-state index contributed by atoms with van der Waals surface area (Å²) in [5, 5.41) is 0. The maximum absolute atomic E-state index is 13.5. The Morgan fingerprint density at radius 2 is 1.59 bits per heavy atom. The molecule has 0 spiro atoms. The molecule has 3 heterocycles. The number of rotatable bonds is 7. The van der Waals surface area contributed by atoms with Crippen LogP contribution < -0.4 is 14.5 Å². The highest BCUT2D eigenvalue weighted by molar-refractivity contribution is 6.06. The highest BCUT2D eigenvalue weighted by Crippen LogP contribution is 2.30. The minimum Gasteiger partial charge on any atom is -0.497 e. The first-order valence-corrected chi connectivity index (χ1v) is 15.8. The van der Waals surface area contributed by atoms with E-state index >= 15 is 0 Å². The summed E-state index contributed by atoms with van der Waals surface area (Å²) in [7, 11) is 1.61. The van der Waals surface area contributed by atoms with Gasteiger partial charge in [-0.3, -0.25) is 19.5 Å². The van der Waals surface area contributed by atoms with Gasteiger partial charge < -0.3 is 19.3 Å². The quantitative estimate of drug-likeness (QED) is 0.433. The maximum Gasteiger partial charge on any atom is 0.410 e. The Labute approximate surface area is 261 Å². The molecule has 2 aromatic carbocycles. The van der Waals surface area contributed by atoms with Gasteiger partial charge in [0.2, 0.25) is 5.91 Å². The summed E-state index contributed by atoms with van der Waals surface area (Å²) in [6, 6.07) is 13.4. The topological polar surface area (TPSA) is 85.9 Å². The molecule has 0 N–H and O–H groups in total. The number of hydrogen-bond acceptors (Lipinski definition) is 7. The highest BCUT2D eigenvalue weighted by Gasteiger charge is 2.34. The van der Waals surface area contributed by atoms with Crippen molar-refractivity contribution in [3.63, 3.8) is 0 Å². The van der Waals surface area contributed by atoms with Crippen LogP contribution in [0.15, 0.2) is 42.5 Å². The predicted octanol–water partition coefficient (Wildman–Crippen LogP) is 5.13. The van der Waals surface area contributed by atoms with Crippen LogP contribution in [0.1, 0.15) is 51.2 Å². The molecule has 2 aromatic rings. The van der Waals surface area contributed by atoms with E-state index in [1.165, 1.54) is 4.90 Å². The third-order valence-corrected chi connectivity index (χ3v) is 8.80. The monoisotopic (exact) mass is 605 g/mol. The standard InChI is InChI=1S/C34H47N5O5/c1-25-22-28(36-20-18-35(19-21-36)23-27-12-15-37(16-13-27)33(42)44-34(2,3)4)8-11-30(25)38-17-14-31(40)39(32(38)41)24-26-6-9-29(43-5)10-7-26/h6-11,22,27H,12-21,23-24H2,1-5H3. The molecule has 10 nitrogen and oxygen atoms in total. The Kier molecular flexibility index (Phi) is 9.68. The number of aryl methyl sites for hydroxylation is 1. The van der Waals surface area contributed by atoms with Crippen LogP contribution in [-0.4, -0.2) is 97.8 Å². The Morgan fingerprint density at radius 1 is 0.909 bits per heavy atom. The molecular formula is C34H47N5O5. The zero-order chi connectivity index (χ0) is 31.4. The number of carbonyl (C=O) groups excluding carboxylic acids is 3. The first kappa shape index (κ1) is 31.6. The molecule has 0 unspecified atom stereocenters. The van der Waals surface area contributed by atoms with Crippen molar-refractivity contribution in [2.45, 2.75) is 59.1 Å². The molecule has 5 rings (SSSR count). The Balaban J connectivity index is 1.12. The van der Waals surface area contributed by atoms with E-state index in [0.29, 0.717) is 18.9 Å². The summed E-state index contributed by atoms with van der Waals surface area (Å²) >= 11 is 0. The molecule has 10 heteroatoms. The third-order valence-electron chi connectivity index (χ3n) is 8.80. The molecule has 3 saturated heterocycles. The minimum absolute atomic E-state index is 0.150. The third kappa shape index (κ3) is 7.64. The average molecular weight is 606 g/mol. The number of imide groups is 1. The number of likely N-dealkylation sites (tertiary alicyclic amines) is 1. The van der Waals surface area contributed by atoms with Crippen LogP contribution in [-0.2, 0) is 16.1 Å². The van der Waals surface area contributed by atoms with Crippen LogP contribution in [0.2, 0.25) is 0 Å². The van der Waals surface area contributed by atoms with E-state index in [4.69, 9.17) is 9.47 Å². The second kappa shape index (κ2) is 13.5. The van der Waals surface area contributed by atoms with Crippen LogP contribution in [0, 0.1) is 12.8 Å². The predicted molar refractivity (Wildman–Crippen MR) is 171 cm³/mol. The molecule has 0 aromatic heterocycles. The first-order chi connectivity index (χ1) is 21.0. The molecule has 0 atom stereocenters. The molecule has 3 aliphatic heterocycles. The van der Waals surface area contributed by atoms with E-state index in [-0.39, 0.29) is 24.6 Å². The van der Waals surface area contributed by atoms with Crippen LogP contribution in [0.5, 0.6) is 5.75 Å². The SMILES string of the molecule is COc1ccc(CN2C(=O)CCN(c3ccc(N4CCN(CC5CCN(C(=O)OC(C)(C)C)CC5)CC4)cc3C)C2=O)cc1. The molecular weight excluding hydrogens is 558 g/mol. The van der Waals surface area contributed by atoms with Crippen LogP contribution in [0.3, 0.4) is 0 Å². The Hall–Kier alpha value is -3.79. The fourth-order valence-electron chi connectivity index (χ4n) is 6.30. The van der Waals surface area contributed by atoms with E-state index in [1.54, 1.807) is 12.0 Å². The van der Waals surface area contributed by atoms with Crippen molar-refractivity contribution in [2.24, 2.45) is 5.92 Å². The van der Waals surface area contributed by atoms with E-state index in [1.807, 2.05) is 62.9 Å². The fraction of sp³-hybridized carbons (Fsp3) is 0.559. The largest absolute Gasteiger partial charge is 0.497 e. The number of methoxy groups -OCH3 is 1. The number of piperidine rings is 1. The first-order valence-electron chi connectivity index (χ1n) is 15.8. The molecule has 3 aliphatic rings. The lowest BCUT2D eigenvalue weighted by molar-refractivity contribution is -0.129. The fourth-order valence-corrected chi connectivity index (χ4v) is 6.30. The second-order valence-corrected chi connectivity index (χ2v) is 13.2. The van der Waals surface area contributed by atoms with Crippen LogP contribution in [0.4, 0.5) is 21.0 Å². The minimum atomic E-state index is -0.461. The van der Waals surface area contributed by atoms with Gasteiger partial charge in [0.1, 0.15) is 11.4 Å². The van der Waals surface area contributed by atoms with Crippen LogP contribution >= 0.6 is 0 Å². The number of benzene rings is 2. The molecule has 0 bridgehead atoms. The van der Waals surface area contributed by atoms with E-state index in [2.05, 4.69) is 21.9 Å². The summed E-state index contributed by atoms with van der Waals surface area (Å²) in [4.78, 5) is 48.5. The van der Waals surface area contributed by atoms with Gasteiger partial charge in [0.25, 0.3) is 0 Å². The normalized spacial score (nSPS) is 19.0. The van der Waals surface area contributed by atoms with Gasteiger partial charge in [-0.15, -0.1) is 0 Å². The van der Waals surface area contributed by atoms with Crippen LogP contribution in [0.25, 0.3) is 0 Å². The molecule has 44 heavy (non-hydrogen) atoms. The van der Waals surface area contributed by atoms with Gasteiger partial charge >= 0.3 is 12.1 Å². The zero-order valence-electron chi connectivity index (χ0n) is 26.9. The van der Waals surface area contributed by atoms with Gasteiger partial charge in [0.05, 0.1) is 13.7 Å². The lowest BCUT2D eigenvalue weighted by Crippen LogP contribution is -2.52. The summed E-state index contributed by atoms with van der Waals surface area (Å²) in [5.74, 6) is 1.18. The van der Waals surface area contributed by atoms with Crippen molar-refractivity contribution in [1.82, 2.24) is 14.7 Å². The Morgan fingerprint density at radius 3 is 2.20 bits per heavy atom. The number of piperazine rings is 1. The second-order valence-electron chi connectivity index (χ2n) is 13.2. The molecule has 0 aliphatic carbocycles. The van der Waals surface area contributed by atoms with Crippen molar-refractivity contribution in [1.29, 1.82) is 0 Å². The zero-order valence-corrected chi connectivity index (χ0v) is 26.9. The number of carbonyl (C=O) groups is 3. The summed E-state index contributed by atoms with van der Waals surface area (Å²) in [6.07, 6.45) is 2.12. The van der Waals surface area contributed by atoms with Crippen molar-refractivity contribution in [3.05, 3.63) is 53.6 Å². The van der Waals surface area contributed by atoms with Gasteiger partial charge in [-0.25, -0.2) is 9.59 Å². The van der Waals surface area contributed by atoms with Gasteiger partial charge in [0.15, 0.2) is 0 Å². The number of nitrogens with zero attached hydrogens (tertiary/aromatic N) is 5. The number of ether oxygens (including phenoxy) is 2.